The summed E-state index contributed by atoms with van der Waals surface area (Å²) in [7, 11) is 1.23. The van der Waals surface area contributed by atoms with Gasteiger partial charge in [0, 0.05) is 6.08 Å². The number of hydrogen-bond acceptors (Lipinski definition) is 8. The average molecular weight is 468 g/mol. The van der Waals surface area contributed by atoms with Gasteiger partial charge in [0.1, 0.15) is 6.61 Å². The minimum atomic E-state index is -0.616. The molecule has 0 bridgehead atoms. The molecule has 8 nitrogen and oxygen atoms in total. The summed E-state index contributed by atoms with van der Waals surface area (Å²) in [6, 6.07) is 3.56. The lowest BCUT2D eigenvalue weighted by Gasteiger charge is -2.13. The van der Waals surface area contributed by atoms with Gasteiger partial charge in [0.25, 0.3) is 5.91 Å². The number of nitrogens with one attached hydrogen (secondary N) is 1. The highest BCUT2D eigenvalue weighted by Gasteiger charge is 2.25. The van der Waals surface area contributed by atoms with Crippen LogP contribution in [-0.4, -0.2) is 43.6 Å². The van der Waals surface area contributed by atoms with Gasteiger partial charge in [-0.15, -0.1) is 5.10 Å². The Morgan fingerprint density at radius 3 is 2.86 bits per heavy atom. The number of benzene rings is 1. The number of hydrogen-bond donors (Lipinski definition) is 1. The maximum Gasteiger partial charge on any atom is 0.331 e. The van der Waals surface area contributed by atoms with Crippen LogP contribution in [0.3, 0.4) is 0 Å². The summed E-state index contributed by atoms with van der Waals surface area (Å²) in [6.45, 7) is 6.32. The Hall–Kier alpha value is -2.59. The van der Waals surface area contributed by atoms with Crippen LogP contribution in [-0.2, 0) is 14.3 Å². The van der Waals surface area contributed by atoms with Crippen molar-refractivity contribution in [2.75, 3.05) is 20.3 Å². The quantitative estimate of drug-likeness (QED) is 0.207. The summed E-state index contributed by atoms with van der Waals surface area (Å²) in [6.07, 6.45) is 4.25. The van der Waals surface area contributed by atoms with E-state index in [-0.39, 0.29) is 10.1 Å². The van der Waals surface area contributed by atoms with E-state index in [1.54, 1.807) is 18.2 Å². The summed E-state index contributed by atoms with van der Waals surface area (Å²) in [4.78, 5) is 23.2. The van der Waals surface area contributed by atoms with Gasteiger partial charge in [0.05, 0.1) is 29.3 Å². The zero-order valence-electron chi connectivity index (χ0n) is 15.2. The van der Waals surface area contributed by atoms with Crippen LogP contribution in [0.25, 0.3) is 0 Å². The Morgan fingerprint density at radius 1 is 1.39 bits per heavy atom. The number of methoxy groups -OCH3 is 1. The minimum absolute atomic E-state index is 0.186. The second-order valence-corrected chi connectivity index (χ2v) is 6.99. The first-order chi connectivity index (χ1) is 13.5. The molecule has 0 atom stereocenters. The highest BCUT2D eigenvalue weighted by Crippen LogP contribution is 2.36. The lowest BCUT2D eigenvalue weighted by Crippen LogP contribution is -2.19. The van der Waals surface area contributed by atoms with Crippen molar-refractivity contribution in [3.05, 3.63) is 45.8 Å². The second-order valence-electron chi connectivity index (χ2n) is 5.10. The van der Waals surface area contributed by atoms with Crippen LogP contribution in [0.5, 0.6) is 11.5 Å². The summed E-state index contributed by atoms with van der Waals surface area (Å²) in [5.74, 6) is 0.0741. The summed E-state index contributed by atoms with van der Waals surface area (Å²) in [5.41, 5.74) is 0.713. The number of ether oxygens (including phenoxy) is 3. The Morgan fingerprint density at radius 2 is 2.18 bits per heavy atom. The van der Waals surface area contributed by atoms with Gasteiger partial charge in [-0.2, -0.15) is 5.10 Å². The molecular weight excluding hydrogens is 450 g/mol. The highest BCUT2D eigenvalue weighted by molar-refractivity contribution is 9.10. The number of esters is 1. The molecule has 1 aliphatic rings. The average Bonchev–Trinajstić information content (AvgIpc) is 3.00. The van der Waals surface area contributed by atoms with Crippen LogP contribution in [0.2, 0.25) is 0 Å². The molecule has 0 unspecified atom stereocenters. The molecule has 0 aromatic heterocycles. The number of amides is 1. The van der Waals surface area contributed by atoms with E-state index in [2.05, 4.69) is 42.8 Å². The third-order valence-corrected chi connectivity index (χ3v) is 4.62. The first-order valence-corrected chi connectivity index (χ1v) is 9.69. The molecule has 0 radical (unpaired) electrons. The number of rotatable bonds is 8. The molecule has 1 saturated heterocycles. The van der Waals surface area contributed by atoms with E-state index in [1.807, 2.05) is 6.92 Å². The van der Waals surface area contributed by atoms with E-state index in [0.717, 1.165) is 17.8 Å². The molecule has 1 amide bonds. The third kappa shape index (κ3) is 5.96. The zero-order chi connectivity index (χ0) is 20.5. The maximum absolute atomic E-state index is 11.8. The maximum atomic E-state index is 11.8. The summed E-state index contributed by atoms with van der Waals surface area (Å²) >= 11 is 4.45. The number of amidine groups is 1. The fourth-order valence-corrected chi connectivity index (χ4v) is 3.31. The number of carbonyl (C=O) groups excluding carboxylic acids is 2. The van der Waals surface area contributed by atoms with E-state index >= 15 is 0 Å². The van der Waals surface area contributed by atoms with Crippen molar-refractivity contribution >= 4 is 51.0 Å². The molecule has 1 fully saturated rings. The van der Waals surface area contributed by atoms with Crippen LogP contribution in [0.15, 0.2) is 50.4 Å². The first kappa shape index (κ1) is 21.7. The number of thioether (sulfide) groups is 1. The molecule has 2 rings (SSSR count). The van der Waals surface area contributed by atoms with Crippen LogP contribution >= 0.6 is 27.7 Å². The molecule has 1 aromatic carbocycles. The van der Waals surface area contributed by atoms with Crippen LogP contribution in [0.4, 0.5) is 0 Å². The predicted octanol–water partition coefficient (Wildman–Crippen LogP) is 3.02. The van der Waals surface area contributed by atoms with E-state index in [0.29, 0.717) is 34.7 Å². The van der Waals surface area contributed by atoms with Gasteiger partial charge in [-0.25, -0.2) is 4.79 Å². The lowest BCUT2D eigenvalue weighted by atomic mass is 10.2. The van der Waals surface area contributed by atoms with Crippen LogP contribution < -0.4 is 14.8 Å². The normalized spacial score (nSPS) is 16.5. The smallest absolute Gasteiger partial charge is 0.331 e. The molecule has 1 N–H and O–H groups in total. The fourth-order valence-electron chi connectivity index (χ4n) is 2.00. The summed E-state index contributed by atoms with van der Waals surface area (Å²) < 4.78 is 16.4. The SMILES string of the molecule is C=CCOc1c(Br)cc(C=N/N=C2/NC(=O)/C(=C\C(=O)OC)S2)cc1OCC. The third-order valence-electron chi connectivity index (χ3n) is 3.13. The van der Waals surface area contributed by atoms with Crippen molar-refractivity contribution in [2.24, 2.45) is 10.2 Å². The number of carbonyl (C=O) groups is 2. The Kier molecular flexibility index (Phi) is 8.27. The minimum Gasteiger partial charge on any atom is -0.490 e. The van der Waals surface area contributed by atoms with E-state index in [4.69, 9.17) is 9.47 Å². The van der Waals surface area contributed by atoms with Crippen molar-refractivity contribution in [1.82, 2.24) is 5.32 Å². The topological polar surface area (TPSA) is 98.6 Å². The van der Waals surface area contributed by atoms with Crippen molar-refractivity contribution in [3.8, 4) is 11.5 Å². The van der Waals surface area contributed by atoms with Crippen LogP contribution in [0.1, 0.15) is 12.5 Å². The second kappa shape index (κ2) is 10.7. The van der Waals surface area contributed by atoms with Gasteiger partial charge in [0.2, 0.25) is 0 Å². The summed E-state index contributed by atoms with van der Waals surface area (Å²) in [5, 5.41) is 10.7. The predicted molar refractivity (Wildman–Crippen MR) is 112 cm³/mol. The van der Waals surface area contributed by atoms with E-state index in [1.165, 1.54) is 13.3 Å². The van der Waals surface area contributed by atoms with Gasteiger partial charge in [-0.05, 0) is 52.3 Å². The molecule has 148 valence electrons. The fraction of sp³-hybridized carbons (Fsp3) is 0.222. The van der Waals surface area contributed by atoms with Gasteiger partial charge < -0.3 is 14.2 Å². The van der Waals surface area contributed by atoms with Crippen molar-refractivity contribution in [2.45, 2.75) is 6.92 Å². The Balaban J connectivity index is 2.16. The van der Waals surface area contributed by atoms with Gasteiger partial charge in [-0.3, -0.25) is 10.1 Å². The van der Waals surface area contributed by atoms with Crippen LogP contribution in [0, 0.1) is 0 Å². The molecule has 1 aromatic rings. The highest BCUT2D eigenvalue weighted by atomic mass is 79.9. The molecule has 10 heteroatoms. The molecule has 0 saturated carbocycles. The Labute approximate surface area is 174 Å². The lowest BCUT2D eigenvalue weighted by molar-refractivity contribution is -0.135. The van der Waals surface area contributed by atoms with E-state index < -0.39 is 11.9 Å². The monoisotopic (exact) mass is 467 g/mol. The molecule has 0 aliphatic carbocycles. The van der Waals surface area contributed by atoms with Crippen molar-refractivity contribution in [1.29, 1.82) is 0 Å². The number of halogens is 1. The molecule has 1 aliphatic heterocycles. The largest absolute Gasteiger partial charge is 0.490 e. The van der Waals surface area contributed by atoms with Gasteiger partial charge >= 0.3 is 5.97 Å². The zero-order valence-corrected chi connectivity index (χ0v) is 17.6. The van der Waals surface area contributed by atoms with Gasteiger partial charge in [0.15, 0.2) is 16.7 Å². The van der Waals surface area contributed by atoms with Crippen molar-refractivity contribution < 1.29 is 23.8 Å². The molecular formula is C18H18BrN3O5S. The van der Waals surface area contributed by atoms with Gasteiger partial charge in [-0.1, -0.05) is 12.7 Å². The standard InChI is InChI=1S/C18H18BrN3O5S/c1-4-6-27-16-12(19)7-11(8-13(16)26-5-2)10-20-22-18-21-17(24)14(28-18)9-15(23)25-3/h4,7-10H,1,5-6H2,2-3H3,(H,21,22,24)/b14-9+,20-10?. The molecule has 1 heterocycles. The molecule has 0 spiro atoms. The molecule has 28 heavy (non-hydrogen) atoms. The van der Waals surface area contributed by atoms with Crippen molar-refractivity contribution in [3.63, 3.8) is 0 Å². The van der Waals surface area contributed by atoms with E-state index in [9.17, 15) is 9.59 Å². The first-order valence-electron chi connectivity index (χ1n) is 8.08. The Bertz CT molecular complexity index is 867. The number of nitrogens with zero attached hydrogens (tertiary/aromatic N) is 2.